The predicted octanol–water partition coefficient (Wildman–Crippen LogP) is 3.24. The highest BCUT2D eigenvalue weighted by atomic mass is 35.5. The molecule has 0 radical (unpaired) electrons. The van der Waals surface area contributed by atoms with Crippen LogP contribution in [-0.4, -0.2) is 21.4 Å². The van der Waals surface area contributed by atoms with Crippen LogP contribution in [0.1, 0.15) is 41.6 Å². The van der Waals surface area contributed by atoms with Gasteiger partial charge in [-0.3, -0.25) is 9.69 Å². The number of rotatable bonds is 4. The number of aromatic amines is 1. The fraction of sp³-hybridized carbons (Fsp3) is 0.444. The number of halogens is 1. The Morgan fingerprint density at radius 1 is 1.39 bits per heavy atom. The van der Waals surface area contributed by atoms with Crippen LogP contribution in [0.25, 0.3) is 0 Å². The van der Waals surface area contributed by atoms with Gasteiger partial charge >= 0.3 is 0 Å². The third kappa shape index (κ3) is 3.65. The summed E-state index contributed by atoms with van der Waals surface area (Å²) in [5.74, 6) is 0.802. The Kier molecular flexibility index (Phi) is 4.83. The molecule has 0 unspecified atom stereocenters. The van der Waals surface area contributed by atoms with Crippen LogP contribution in [0.15, 0.2) is 23.0 Å². The van der Waals surface area contributed by atoms with Gasteiger partial charge in [-0.25, -0.2) is 4.98 Å². The van der Waals surface area contributed by atoms with E-state index >= 15 is 0 Å². The molecule has 0 spiro atoms. The zero-order chi connectivity index (χ0) is 16.4. The minimum Gasteiger partial charge on any atom is -0.310 e. The molecule has 23 heavy (non-hydrogen) atoms. The molecule has 0 fully saturated rings. The summed E-state index contributed by atoms with van der Waals surface area (Å²) in [6.45, 7) is 6.52. The monoisotopic (exact) mass is 331 g/mol. The van der Waals surface area contributed by atoms with Crippen molar-refractivity contribution in [2.75, 3.05) is 6.54 Å². The average molecular weight is 332 g/mol. The number of H-pyrrole nitrogens is 1. The van der Waals surface area contributed by atoms with E-state index in [1.54, 1.807) is 0 Å². The highest BCUT2D eigenvalue weighted by molar-refractivity contribution is 6.31. The van der Waals surface area contributed by atoms with Gasteiger partial charge in [0.05, 0.1) is 5.69 Å². The number of nitrogens with one attached hydrogen (secondary N) is 1. The molecule has 1 aromatic heterocycles. The van der Waals surface area contributed by atoms with Gasteiger partial charge in [0.1, 0.15) is 5.82 Å². The van der Waals surface area contributed by atoms with E-state index < -0.39 is 0 Å². The maximum Gasteiger partial charge on any atom is 0.254 e. The lowest BCUT2D eigenvalue weighted by Crippen LogP contribution is -2.35. The standard InChI is InChI=1S/C18H22ClN3O/c1-3-4-17-20-16-11-22(8-7-14(16)18(23)21-17)10-13-6-5-12(2)15(19)9-13/h5-6,9H,3-4,7-8,10-11H2,1-2H3,(H,20,21,23). The molecule has 5 heteroatoms. The van der Waals surface area contributed by atoms with E-state index in [0.717, 1.165) is 66.6 Å². The minimum absolute atomic E-state index is 0.0384. The number of aryl methyl sites for hydroxylation is 2. The molecule has 0 amide bonds. The molecule has 122 valence electrons. The van der Waals surface area contributed by atoms with Gasteiger partial charge in [-0.05, 0) is 37.0 Å². The summed E-state index contributed by atoms with van der Waals surface area (Å²) in [5, 5.41) is 0.805. The molecule has 0 saturated carbocycles. The molecule has 0 bridgehead atoms. The van der Waals surface area contributed by atoms with Crippen LogP contribution in [0.4, 0.5) is 0 Å². The summed E-state index contributed by atoms with van der Waals surface area (Å²) in [6.07, 6.45) is 2.55. The van der Waals surface area contributed by atoms with Crippen molar-refractivity contribution in [1.29, 1.82) is 0 Å². The average Bonchev–Trinajstić information content (AvgIpc) is 2.51. The van der Waals surface area contributed by atoms with E-state index in [9.17, 15) is 4.79 Å². The van der Waals surface area contributed by atoms with Crippen molar-refractivity contribution in [2.24, 2.45) is 0 Å². The molecule has 1 aliphatic heterocycles. The van der Waals surface area contributed by atoms with E-state index in [1.807, 2.05) is 13.0 Å². The predicted molar refractivity (Wildman–Crippen MR) is 92.9 cm³/mol. The Morgan fingerprint density at radius 2 is 2.22 bits per heavy atom. The molecule has 0 saturated heterocycles. The molecular weight excluding hydrogens is 310 g/mol. The number of benzene rings is 1. The first-order valence-electron chi connectivity index (χ1n) is 8.15. The van der Waals surface area contributed by atoms with Crippen molar-refractivity contribution in [1.82, 2.24) is 14.9 Å². The van der Waals surface area contributed by atoms with Crippen LogP contribution in [0, 0.1) is 6.92 Å². The summed E-state index contributed by atoms with van der Waals surface area (Å²) in [4.78, 5) is 22.1. The third-order valence-electron chi connectivity index (χ3n) is 4.33. The molecule has 2 aromatic rings. The van der Waals surface area contributed by atoms with Crippen LogP contribution in [0.3, 0.4) is 0 Å². The fourth-order valence-corrected chi connectivity index (χ4v) is 3.23. The summed E-state index contributed by atoms with van der Waals surface area (Å²) < 4.78 is 0. The van der Waals surface area contributed by atoms with Gasteiger partial charge in [-0.1, -0.05) is 30.7 Å². The summed E-state index contributed by atoms with van der Waals surface area (Å²) in [6, 6.07) is 6.20. The van der Waals surface area contributed by atoms with Gasteiger partial charge in [0.25, 0.3) is 5.56 Å². The van der Waals surface area contributed by atoms with Crippen LogP contribution in [0.5, 0.6) is 0 Å². The van der Waals surface area contributed by atoms with Gasteiger partial charge in [0.2, 0.25) is 0 Å². The van der Waals surface area contributed by atoms with Crippen molar-refractivity contribution in [3.05, 3.63) is 61.8 Å². The molecule has 1 aromatic carbocycles. The second-order valence-corrected chi connectivity index (χ2v) is 6.64. The Bertz CT molecular complexity index is 769. The third-order valence-corrected chi connectivity index (χ3v) is 4.74. The van der Waals surface area contributed by atoms with Crippen LogP contribution in [-0.2, 0) is 25.9 Å². The van der Waals surface area contributed by atoms with E-state index in [1.165, 1.54) is 5.56 Å². The molecule has 2 heterocycles. The second kappa shape index (κ2) is 6.85. The van der Waals surface area contributed by atoms with Crippen LogP contribution < -0.4 is 5.56 Å². The van der Waals surface area contributed by atoms with Crippen molar-refractivity contribution < 1.29 is 0 Å². The first-order chi connectivity index (χ1) is 11.1. The number of fused-ring (bicyclic) bond motifs is 1. The van der Waals surface area contributed by atoms with E-state index in [4.69, 9.17) is 11.6 Å². The number of aromatic nitrogens is 2. The van der Waals surface area contributed by atoms with Gasteiger partial charge < -0.3 is 4.98 Å². The molecule has 0 aliphatic carbocycles. The first kappa shape index (κ1) is 16.2. The Balaban J connectivity index is 1.79. The van der Waals surface area contributed by atoms with Crippen molar-refractivity contribution in [3.8, 4) is 0 Å². The quantitative estimate of drug-likeness (QED) is 0.935. The maximum absolute atomic E-state index is 12.2. The lowest BCUT2D eigenvalue weighted by molar-refractivity contribution is 0.240. The molecule has 3 rings (SSSR count). The van der Waals surface area contributed by atoms with Crippen molar-refractivity contribution in [2.45, 2.75) is 46.2 Å². The summed E-state index contributed by atoms with van der Waals surface area (Å²) >= 11 is 6.21. The van der Waals surface area contributed by atoms with Crippen molar-refractivity contribution in [3.63, 3.8) is 0 Å². The normalized spacial score (nSPS) is 14.7. The molecule has 0 atom stereocenters. The lowest BCUT2D eigenvalue weighted by Gasteiger charge is -2.27. The molecule has 4 nitrogen and oxygen atoms in total. The molecule has 1 N–H and O–H groups in total. The Morgan fingerprint density at radius 3 is 2.96 bits per heavy atom. The lowest BCUT2D eigenvalue weighted by atomic mass is 10.0. The van der Waals surface area contributed by atoms with Gasteiger partial charge in [0.15, 0.2) is 0 Å². The zero-order valence-electron chi connectivity index (χ0n) is 13.7. The number of hydrogen-bond acceptors (Lipinski definition) is 3. The van der Waals surface area contributed by atoms with Gasteiger partial charge in [-0.15, -0.1) is 0 Å². The number of hydrogen-bond donors (Lipinski definition) is 1. The maximum atomic E-state index is 12.2. The smallest absolute Gasteiger partial charge is 0.254 e. The SMILES string of the molecule is CCCc1nc2c(c(=O)[nH]1)CCN(Cc1ccc(C)c(Cl)c1)C2. The van der Waals surface area contributed by atoms with E-state index in [0.29, 0.717) is 0 Å². The topological polar surface area (TPSA) is 49.0 Å². The largest absolute Gasteiger partial charge is 0.310 e. The van der Waals surface area contributed by atoms with E-state index in [2.05, 4.69) is 33.9 Å². The molecule has 1 aliphatic rings. The summed E-state index contributed by atoms with van der Waals surface area (Å²) in [5.41, 5.74) is 4.11. The highest BCUT2D eigenvalue weighted by Gasteiger charge is 2.21. The highest BCUT2D eigenvalue weighted by Crippen LogP contribution is 2.20. The molecular formula is C18H22ClN3O. The number of nitrogens with zero attached hydrogens (tertiary/aromatic N) is 2. The fourth-order valence-electron chi connectivity index (χ4n) is 3.03. The summed E-state index contributed by atoms with van der Waals surface area (Å²) in [7, 11) is 0. The zero-order valence-corrected chi connectivity index (χ0v) is 14.4. The van der Waals surface area contributed by atoms with E-state index in [-0.39, 0.29) is 5.56 Å². The van der Waals surface area contributed by atoms with Gasteiger partial charge in [0, 0.05) is 36.6 Å². The van der Waals surface area contributed by atoms with Gasteiger partial charge in [-0.2, -0.15) is 0 Å². The van der Waals surface area contributed by atoms with Crippen molar-refractivity contribution >= 4 is 11.6 Å². The Labute approximate surface area is 141 Å². The van der Waals surface area contributed by atoms with Crippen LogP contribution >= 0.6 is 11.6 Å². The first-order valence-corrected chi connectivity index (χ1v) is 8.53. The minimum atomic E-state index is 0.0384. The second-order valence-electron chi connectivity index (χ2n) is 6.23. The van der Waals surface area contributed by atoms with Crippen LogP contribution in [0.2, 0.25) is 5.02 Å². The Hall–Kier alpha value is -1.65.